The number of oxime groups is 1. The van der Waals surface area contributed by atoms with E-state index in [4.69, 9.17) is 10.9 Å². The molecular formula is C13H19N3O4. The average molecular weight is 281 g/mol. The van der Waals surface area contributed by atoms with Gasteiger partial charge in [0.15, 0.2) is 0 Å². The van der Waals surface area contributed by atoms with Crippen molar-refractivity contribution >= 4 is 11.7 Å². The second-order valence-electron chi connectivity index (χ2n) is 4.44. The maximum absolute atomic E-state index is 12.3. The van der Waals surface area contributed by atoms with Crippen LogP contribution in [0.15, 0.2) is 23.4 Å². The molecule has 0 spiro atoms. The van der Waals surface area contributed by atoms with Gasteiger partial charge < -0.3 is 26.1 Å². The smallest absolute Gasteiger partial charge is 0.261 e. The van der Waals surface area contributed by atoms with Crippen LogP contribution in [0, 0.1) is 5.92 Å². The molecule has 0 fully saturated rings. The topological polar surface area (TPSA) is 119 Å². The fourth-order valence-electron chi connectivity index (χ4n) is 1.78. The first-order chi connectivity index (χ1) is 9.42. The number of rotatable bonds is 5. The van der Waals surface area contributed by atoms with Crippen molar-refractivity contribution in [3.8, 4) is 11.5 Å². The minimum absolute atomic E-state index is 0.0118. The highest BCUT2D eigenvalue weighted by Crippen LogP contribution is 2.27. The van der Waals surface area contributed by atoms with Crippen molar-refractivity contribution in [2.75, 3.05) is 13.1 Å². The first-order valence-corrected chi connectivity index (χ1v) is 6.20. The number of nitrogens with zero attached hydrogens (tertiary/aromatic N) is 2. The summed E-state index contributed by atoms with van der Waals surface area (Å²) in [5, 5.41) is 30.9. The number of hydrogen-bond donors (Lipinski definition) is 4. The summed E-state index contributed by atoms with van der Waals surface area (Å²) in [5.74, 6) is -1.43. The van der Waals surface area contributed by atoms with Crippen LogP contribution in [0.4, 0.5) is 0 Å². The van der Waals surface area contributed by atoms with Gasteiger partial charge in [-0.3, -0.25) is 4.79 Å². The Kier molecular flexibility index (Phi) is 5.19. The number of phenolic OH excluding ortho intramolecular Hbond substituents is 2. The van der Waals surface area contributed by atoms with Gasteiger partial charge in [-0.25, -0.2) is 0 Å². The molecule has 0 aliphatic rings. The summed E-state index contributed by atoms with van der Waals surface area (Å²) < 4.78 is 0. The number of benzene rings is 1. The van der Waals surface area contributed by atoms with Crippen LogP contribution in [0.5, 0.6) is 11.5 Å². The predicted molar refractivity (Wildman–Crippen MR) is 73.9 cm³/mol. The summed E-state index contributed by atoms with van der Waals surface area (Å²) in [6.45, 7) is 4.03. The Bertz CT molecular complexity index is 496. The molecule has 1 amide bonds. The zero-order chi connectivity index (χ0) is 15.3. The van der Waals surface area contributed by atoms with E-state index in [0.29, 0.717) is 6.54 Å². The maximum Gasteiger partial charge on any atom is 0.261 e. The van der Waals surface area contributed by atoms with E-state index in [1.54, 1.807) is 13.8 Å². The van der Waals surface area contributed by atoms with Gasteiger partial charge in [0.05, 0.1) is 0 Å². The van der Waals surface area contributed by atoms with E-state index >= 15 is 0 Å². The standard InChI is InChI=1S/C13H19N3O4/c1-3-16(7-8(2)12(14)15-20)13(19)11-9(17)5-4-6-10(11)18/h4-6,8,17-18,20H,3,7H2,1-2H3,(H2,14,15). The zero-order valence-corrected chi connectivity index (χ0v) is 11.4. The average Bonchev–Trinajstić information content (AvgIpc) is 2.43. The van der Waals surface area contributed by atoms with E-state index in [1.807, 2.05) is 0 Å². The SMILES string of the molecule is CCN(CC(C)/C(N)=N/O)C(=O)c1c(O)cccc1O. The van der Waals surface area contributed by atoms with E-state index in [2.05, 4.69) is 5.16 Å². The van der Waals surface area contributed by atoms with Crippen molar-refractivity contribution in [1.29, 1.82) is 0 Å². The van der Waals surface area contributed by atoms with Gasteiger partial charge in [-0.1, -0.05) is 18.1 Å². The number of carbonyl (C=O) groups excluding carboxylic acids is 1. The van der Waals surface area contributed by atoms with E-state index in [-0.39, 0.29) is 35.4 Å². The van der Waals surface area contributed by atoms with Crippen molar-refractivity contribution in [3.63, 3.8) is 0 Å². The van der Waals surface area contributed by atoms with Crippen LogP contribution in [0.25, 0.3) is 0 Å². The zero-order valence-electron chi connectivity index (χ0n) is 11.4. The minimum atomic E-state index is -0.513. The second-order valence-corrected chi connectivity index (χ2v) is 4.44. The van der Waals surface area contributed by atoms with Gasteiger partial charge in [-0.05, 0) is 19.1 Å². The summed E-state index contributed by atoms with van der Waals surface area (Å²) in [4.78, 5) is 13.7. The number of aromatic hydroxyl groups is 2. The Morgan fingerprint density at radius 2 is 1.95 bits per heavy atom. The quantitative estimate of drug-likeness (QED) is 0.277. The molecule has 0 aromatic heterocycles. The molecular weight excluding hydrogens is 262 g/mol. The van der Waals surface area contributed by atoms with E-state index in [9.17, 15) is 15.0 Å². The Balaban J connectivity index is 2.98. The predicted octanol–water partition coefficient (Wildman–Crippen LogP) is 0.942. The number of phenols is 2. The van der Waals surface area contributed by atoms with Crippen molar-refractivity contribution < 1.29 is 20.2 Å². The summed E-state index contributed by atoms with van der Waals surface area (Å²) in [5.41, 5.74) is 5.33. The van der Waals surface area contributed by atoms with E-state index in [0.717, 1.165) is 0 Å². The van der Waals surface area contributed by atoms with Crippen molar-refractivity contribution in [3.05, 3.63) is 23.8 Å². The van der Waals surface area contributed by atoms with Crippen LogP contribution in [0.3, 0.4) is 0 Å². The molecule has 20 heavy (non-hydrogen) atoms. The Morgan fingerprint density at radius 1 is 1.40 bits per heavy atom. The molecule has 7 nitrogen and oxygen atoms in total. The third-order valence-electron chi connectivity index (χ3n) is 3.02. The van der Waals surface area contributed by atoms with Crippen LogP contribution in [-0.2, 0) is 0 Å². The summed E-state index contributed by atoms with van der Waals surface area (Å²) in [6, 6.07) is 4.10. The highest BCUT2D eigenvalue weighted by molar-refractivity contribution is 5.99. The molecule has 0 radical (unpaired) electrons. The lowest BCUT2D eigenvalue weighted by atomic mass is 10.1. The fourth-order valence-corrected chi connectivity index (χ4v) is 1.78. The summed E-state index contributed by atoms with van der Waals surface area (Å²) in [7, 11) is 0. The molecule has 1 rings (SSSR count). The molecule has 7 heteroatoms. The van der Waals surface area contributed by atoms with Gasteiger partial charge in [-0.2, -0.15) is 0 Å². The van der Waals surface area contributed by atoms with Crippen LogP contribution in [-0.4, -0.2) is 45.2 Å². The normalized spacial score (nSPS) is 13.0. The van der Waals surface area contributed by atoms with Gasteiger partial charge in [0.2, 0.25) is 0 Å². The van der Waals surface area contributed by atoms with Crippen LogP contribution in [0.1, 0.15) is 24.2 Å². The van der Waals surface area contributed by atoms with Crippen molar-refractivity contribution in [2.24, 2.45) is 16.8 Å². The van der Waals surface area contributed by atoms with Crippen LogP contribution in [0.2, 0.25) is 0 Å². The number of amidine groups is 1. The lowest BCUT2D eigenvalue weighted by molar-refractivity contribution is 0.0747. The molecule has 0 saturated carbocycles. The molecule has 1 aromatic rings. The van der Waals surface area contributed by atoms with Gasteiger partial charge in [-0.15, -0.1) is 0 Å². The molecule has 110 valence electrons. The molecule has 1 atom stereocenters. The van der Waals surface area contributed by atoms with Crippen molar-refractivity contribution in [2.45, 2.75) is 13.8 Å². The van der Waals surface area contributed by atoms with E-state index < -0.39 is 5.91 Å². The van der Waals surface area contributed by atoms with E-state index in [1.165, 1.54) is 23.1 Å². The molecule has 0 saturated heterocycles. The number of nitrogens with two attached hydrogens (primary N) is 1. The van der Waals surface area contributed by atoms with Crippen LogP contribution >= 0.6 is 0 Å². The molecule has 1 unspecified atom stereocenters. The van der Waals surface area contributed by atoms with Crippen molar-refractivity contribution in [1.82, 2.24) is 4.90 Å². The minimum Gasteiger partial charge on any atom is -0.507 e. The number of amides is 1. The maximum atomic E-state index is 12.3. The summed E-state index contributed by atoms with van der Waals surface area (Å²) in [6.07, 6.45) is 0. The van der Waals surface area contributed by atoms with Gasteiger partial charge in [0.1, 0.15) is 22.9 Å². The van der Waals surface area contributed by atoms with Crippen LogP contribution < -0.4 is 5.73 Å². The number of carbonyl (C=O) groups is 1. The first-order valence-electron chi connectivity index (χ1n) is 6.20. The first kappa shape index (κ1) is 15.6. The lowest BCUT2D eigenvalue weighted by Gasteiger charge is -2.24. The molecule has 1 aromatic carbocycles. The largest absolute Gasteiger partial charge is 0.507 e. The Labute approximate surface area is 116 Å². The monoisotopic (exact) mass is 281 g/mol. The van der Waals surface area contributed by atoms with Gasteiger partial charge in [0, 0.05) is 19.0 Å². The Hall–Kier alpha value is -2.44. The number of hydrogen-bond acceptors (Lipinski definition) is 5. The highest BCUT2D eigenvalue weighted by Gasteiger charge is 2.23. The second kappa shape index (κ2) is 6.65. The molecule has 0 aliphatic heterocycles. The fraction of sp³-hybridized carbons (Fsp3) is 0.385. The van der Waals surface area contributed by atoms with Gasteiger partial charge in [0.25, 0.3) is 5.91 Å². The molecule has 0 bridgehead atoms. The third-order valence-corrected chi connectivity index (χ3v) is 3.02. The molecule has 5 N–H and O–H groups in total. The molecule has 0 heterocycles. The third kappa shape index (κ3) is 3.31. The lowest BCUT2D eigenvalue weighted by Crippen LogP contribution is -2.38. The molecule has 0 aliphatic carbocycles. The summed E-state index contributed by atoms with van der Waals surface area (Å²) >= 11 is 0. The highest BCUT2D eigenvalue weighted by atomic mass is 16.4. The Morgan fingerprint density at radius 3 is 2.40 bits per heavy atom. The van der Waals surface area contributed by atoms with Gasteiger partial charge >= 0.3 is 0 Å².